The smallest absolute Gasteiger partial charge is 0.298 e. The molecule has 0 aliphatic heterocycles. The molecule has 0 spiro atoms. The van der Waals surface area contributed by atoms with Gasteiger partial charge in [0.2, 0.25) is 9.84 Å². The van der Waals surface area contributed by atoms with Crippen LogP contribution in [0.3, 0.4) is 0 Å². The van der Waals surface area contributed by atoms with E-state index in [1.54, 1.807) is 0 Å². The molecule has 0 aromatic carbocycles. The molecular formula is C7H5F9O3S. The molecule has 0 aromatic heterocycles. The summed E-state index contributed by atoms with van der Waals surface area (Å²) in [6, 6.07) is 0. The minimum Gasteiger partial charge on any atom is -0.298 e. The molecular weight excluding hydrogens is 335 g/mol. The second kappa shape index (κ2) is 5.41. The summed E-state index contributed by atoms with van der Waals surface area (Å²) in [5.74, 6) is -11.4. The van der Waals surface area contributed by atoms with Crippen LogP contribution in [-0.4, -0.2) is 43.7 Å². The van der Waals surface area contributed by atoms with E-state index in [4.69, 9.17) is 0 Å². The number of Topliss-reactive ketones (excluding diaryl/α,β-unsaturated/α-hetero) is 1. The monoisotopic (exact) mass is 340 g/mol. The average Bonchev–Trinajstić information content (AvgIpc) is 2.11. The zero-order valence-corrected chi connectivity index (χ0v) is 9.84. The van der Waals surface area contributed by atoms with Crippen LogP contribution in [0.2, 0.25) is 0 Å². The summed E-state index contributed by atoms with van der Waals surface area (Å²) >= 11 is 0. The molecule has 0 atom stereocenters. The molecule has 0 unspecified atom stereocenters. The van der Waals surface area contributed by atoms with E-state index in [1.807, 2.05) is 0 Å². The first-order chi connectivity index (χ1) is 8.54. The Kier molecular flexibility index (Phi) is 5.13. The SMILES string of the molecule is O=C(CC(F)(F)F)CS(=O)(=O)C(F)(F)C(F)(F)C(F)F. The van der Waals surface area contributed by atoms with E-state index < -0.39 is 51.6 Å². The van der Waals surface area contributed by atoms with Gasteiger partial charge in [-0.2, -0.15) is 30.7 Å². The van der Waals surface area contributed by atoms with E-state index in [0.717, 1.165) is 0 Å². The molecule has 0 bridgehead atoms. The van der Waals surface area contributed by atoms with Gasteiger partial charge in [0.1, 0.15) is 12.2 Å². The van der Waals surface area contributed by atoms with Gasteiger partial charge >= 0.3 is 23.8 Å². The van der Waals surface area contributed by atoms with Gasteiger partial charge in [-0.15, -0.1) is 0 Å². The first kappa shape index (κ1) is 19.0. The van der Waals surface area contributed by atoms with Gasteiger partial charge in [-0.05, 0) is 0 Å². The molecule has 0 heterocycles. The third-order valence-electron chi connectivity index (χ3n) is 1.80. The van der Waals surface area contributed by atoms with Crippen LogP contribution < -0.4 is 0 Å². The summed E-state index contributed by atoms with van der Waals surface area (Å²) in [5.41, 5.74) is 0. The van der Waals surface area contributed by atoms with Gasteiger partial charge in [0.05, 0.1) is 0 Å². The van der Waals surface area contributed by atoms with Crippen molar-refractivity contribution in [1.29, 1.82) is 0 Å². The number of carbonyl (C=O) groups excluding carboxylic acids is 1. The molecule has 0 N–H and O–H groups in total. The summed E-state index contributed by atoms with van der Waals surface area (Å²) in [7, 11) is -6.55. The molecule has 0 aliphatic rings. The molecule has 13 heteroatoms. The Hall–Kier alpha value is -1.01. The Labute approximate surface area is 105 Å². The average molecular weight is 340 g/mol. The molecule has 0 saturated carbocycles. The van der Waals surface area contributed by atoms with Crippen molar-refractivity contribution in [3.8, 4) is 0 Å². The maximum absolute atomic E-state index is 12.8. The number of hydrogen-bond acceptors (Lipinski definition) is 3. The van der Waals surface area contributed by atoms with Crippen LogP contribution in [0.5, 0.6) is 0 Å². The maximum atomic E-state index is 12.8. The Morgan fingerprint density at radius 2 is 1.35 bits per heavy atom. The quantitative estimate of drug-likeness (QED) is 0.698. The highest BCUT2D eigenvalue weighted by Gasteiger charge is 2.70. The zero-order chi connectivity index (χ0) is 16.6. The third kappa shape index (κ3) is 3.99. The molecule has 20 heavy (non-hydrogen) atoms. The van der Waals surface area contributed by atoms with Crippen LogP contribution in [0.25, 0.3) is 0 Å². The van der Waals surface area contributed by atoms with Gasteiger partial charge in [0, 0.05) is 0 Å². The molecule has 0 rings (SSSR count). The maximum Gasteiger partial charge on any atom is 0.413 e. The Balaban J connectivity index is 5.30. The highest BCUT2D eigenvalue weighted by Crippen LogP contribution is 2.43. The molecule has 0 aliphatic carbocycles. The Bertz CT molecular complexity index is 464. The third-order valence-corrected chi connectivity index (χ3v) is 3.56. The lowest BCUT2D eigenvalue weighted by Crippen LogP contribution is -2.53. The largest absolute Gasteiger partial charge is 0.413 e. The highest BCUT2D eigenvalue weighted by molar-refractivity contribution is 7.93. The van der Waals surface area contributed by atoms with E-state index in [9.17, 15) is 52.7 Å². The zero-order valence-electron chi connectivity index (χ0n) is 9.03. The summed E-state index contributed by atoms with van der Waals surface area (Å²) in [4.78, 5) is 10.6. The topological polar surface area (TPSA) is 51.2 Å². The first-order valence-corrected chi connectivity index (χ1v) is 6.04. The summed E-state index contributed by atoms with van der Waals surface area (Å²) in [6.07, 6.45) is -12.8. The number of alkyl halides is 9. The number of rotatable bonds is 6. The van der Waals surface area contributed by atoms with E-state index in [-0.39, 0.29) is 0 Å². The van der Waals surface area contributed by atoms with Crippen LogP contribution in [0.1, 0.15) is 6.42 Å². The van der Waals surface area contributed by atoms with Crippen LogP contribution >= 0.6 is 0 Å². The number of halogens is 9. The fourth-order valence-corrected chi connectivity index (χ4v) is 2.12. The van der Waals surface area contributed by atoms with Crippen molar-refractivity contribution < 1.29 is 52.7 Å². The fourth-order valence-electron chi connectivity index (χ4n) is 0.912. The lowest BCUT2D eigenvalue weighted by atomic mass is 10.3. The Morgan fingerprint density at radius 1 is 0.950 bits per heavy atom. The van der Waals surface area contributed by atoms with Crippen molar-refractivity contribution in [3.63, 3.8) is 0 Å². The van der Waals surface area contributed by atoms with Crippen molar-refractivity contribution in [1.82, 2.24) is 0 Å². The van der Waals surface area contributed by atoms with Crippen molar-refractivity contribution >= 4 is 15.6 Å². The molecule has 120 valence electrons. The van der Waals surface area contributed by atoms with Gasteiger partial charge in [0.25, 0.3) is 0 Å². The first-order valence-electron chi connectivity index (χ1n) is 4.39. The van der Waals surface area contributed by atoms with Gasteiger partial charge in [0.15, 0.2) is 5.78 Å². The van der Waals surface area contributed by atoms with Crippen LogP contribution in [-0.2, 0) is 14.6 Å². The molecule has 0 aromatic rings. The number of ketones is 1. The lowest BCUT2D eigenvalue weighted by molar-refractivity contribution is -0.225. The number of hydrogen-bond donors (Lipinski definition) is 0. The molecule has 0 amide bonds. The lowest BCUT2D eigenvalue weighted by Gasteiger charge is -2.25. The van der Waals surface area contributed by atoms with Gasteiger partial charge in [-0.1, -0.05) is 0 Å². The van der Waals surface area contributed by atoms with E-state index in [1.165, 1.54) is 0 Å². The van der Waals surface area contributed by atoms with Crippen molar-refractivity contribution in [2.45, 2.75) is 30.2 Å². The van der Waals surface area contributed by atoms with Gasteiger partial charge < -0.3 is 0 Å². The fraction of sp³-hybridized carbons (Fsp3) is 0.857. The van der Waals surface area contributed by atoms with E-state index in [2.05, 4.69) is 0 Å². The summed E-state index contributed by atoms with van der Waals surface area (Å²) in [5, 5.41) is -6.38. The molecule has 0 fully saturated rings. The van der Waals surface area contributed by atoms with Crippen LogP contribution in [0.15, 0.2) is 0 Å². The highest BCUT2D eigenvalue weighted by atomic mass is 32.2. The molecule has 0 saturated heterocycles. The predicted octanol–water partition coefficient (Wildman–Crippen LogP) is 2.42. The number of carbonyl (C=O) groups is 1. The normalized spacial score (nSPS) is 14.7. The van der Waals surface area contributed by atoms with Crippen LogP contribution in [0.4, 0.5) is 39.5 Å². The van der Waals surface area contributed by atoms with Crippen molar-refractivity contribution in [2.24, 2.45) is 0 Å². The second-order valence-electron chi connectivity index (χ2n) is 3.53. The van der Waals surface area contributed by atoms with E-state index >= 15 is 0 Å². The van der Waals surface area contributed by atoms with Crippen LogP contribution in [0, 0.1) is 0 Å². The van der Waals surface area contributed by atoms with Gasteiger partial charge in [-0.25, -0.2) is 17.2 Å². The molecule has 0 radical (unpaired) electrons. The minimum atomic E-state index is -6.55. The van der Waals surface area contributed by atoms with Crippen molar-refractivity contribution in [3.05, 3.63) is 0 Å². The minimum absolute atomic E-state index is 2.37. The van der Waals surface area contributed by atoms with Gasteiger partial charge in [-0.3, -0.25) is 4.79 Å². The summed E-state index contributed by atoms with van der Waals surface area (Å²) < 4.78 is 130. The van der Waals surface area contributed by atoms with Crippen molar-refractivity contribution in [2.75, 3.05) is 5.75 Å². The Morgan fingerprint density at radius 3 is 1.65 bits per heavy atom. The number of sulfone groups is 1. The standard InChI is InChI=1S/C7H5F9O3S/c8-4(9)6(13,14)7(15,16)20(18,19)2-3(17)1-5(10,11)12/h4H,1-2H2. The van der Waals surface area contributed by atoms with E-state index in [0.29, 0.717) is 0 Å². The second-order valence-corrected chi connectivity index (χ2v) is 5.56. The molecule has 3 nitrogen and oxygen atoms in total. The summed E-state index contributed by atoms with van der Waals surface area (Å²) in [6.45, 7) is 0. The predicted molar refractivity (Wildman–Crippen MR) is 45.4 cm³/mol.